The number of aliphatic hydroxyl groups is 1. The fourth-order valence-electron chi connectivity index (χ4n) is 1.92. The number of hydrogen-bond acceptors (Lipinski definition) is 2. The van der Waals surface area contributed by atoms with Gasteiger partial charge in [0.1, 0.15) is 5.82 Å². The molecule has 0 heterocycles. The first-order valence-corrected chi connectivity index (χ1v) is 6.08. The Kier molecular flexibility index (Phi) is 5.59. The van der Waals surface area contributed by atoms with E-state index in [1.165, 1.54) is 12.1 Å². The van der Waals surface area contributed by atoms with Crippen LogP contribution in [-0.4, -0.2) is 23.9 Å². The van der Waals surface area contributed by atoms with Crippen molar-refractivity contribution in [3.05, 3.63) is 35.6 Å². The molecule has 1 aromatic carbocycles. The molecule has 0 aliphatic heterocycles. The van der Waals surface area contributed by atoms with Crippen LogP contribution in [0.4, 0.5) is 4.39 Å². The van der Waals surface area contributed by atoms with E-state index in [9.17, 15) is 9.50 Å². The molecule has 2 atom stereocenters. The Morgan fingerprint density at radius 1 is 1.24 bits per heavy atom. The lowest BCUT2D eigenvalue weighted by Crippen LogP contribution is -2.35. The summed E-state index contributed by atoms with van der Waals surface area (Å²) < 4.78 is 18.3. The van der Waals surface area contributed by atoms with Gasteiger partial charge in [-0.2, -0.15) is 0 Å². The van der Waals surface area contributed by atoms with Crippen LogP contribution in [0.25, 0.3) is 0 Å². The fourth-order valence-corrected chi connectivity index (χ4v) is 1.92. The Morgan fingerprint density at radius 2 is 1.82 bits per heavy atom. The minimum absolute atomic E-state index is 0.176. The molecule has 0 aliphatic carbocycles. The van der Waals surface area contributed by atoms with Gasteiger partial charge in [0.25, 0.3) is 0 Å². The van der Waals surface area contributed by atoms with Crippen LogP contribution < -0.4 is 0 Å². The van der Waals surface area contributed by atoms with Gasteiger partial charge in [0.15, 0.2) is 0 Å². The second-order valence-electron chi connectivity index (χ2n) is 4.56. The Hall–Kier alpha value is -0.930. The van der Waals surface area contributed by atoms with Gasteiger partial charge < -0.3 is 9.84 Å². The van der Waals surface area contributed by atoms with Gasteiger partial charge >= 0.3 is 0 Å². The summed E-state index contributed by atoms with van der Waals surface area (Å²) in [5.41, 5.74) is 0.921. The highest BCUT2D eigenvalue weighted by molar-refractivity contribution is 5.17. The normalized spacial score (nSPS) is 14.9. The molecule has 0 amide bonds. The third-order valence-electron chi connectivity index (χ3n) is 2.75. The summed E-state index contributed by atoms with van der Waals surface area (Å²) in [5, 5.41) is 10.1. The first kappa shape index (κ1) is 14.1. The molecule has 96 valence electrons. The quantitative estimate of drug-likeness (QED) is 0.828. The largest absolute Gasteiger partial charge is 0.390 e. The average molecular weight is 240 g/mol. The Labute approximate surface area is 102 Å². The van der Waals surface area contributed by atoms with Gasteiger partial charge in [-0.1, -0.05) is 26.0 Å². The summed E-state index contributed by atoms with van der Waals surface area (Å²) >= 11 is 0. The number of hydrogen-bond donors (Lipinski definition) is 1. The van der Waals surface area contributed by atoms with Gasteiger partial charge in [-0.3, -0.25) is 0 Å². The number of benzene rings is 1. The summed E-state index contributed by atoms with van der Waals surface area (Å²) in [7, 11) is 0. The van der Waals surface area contributed by atoms with Crippen LogP contribution in [0.15, 0.2) is 24.3 Å². The van der Waals surface area contributed by atoms with E-state index < -0.39 is 6.10 Å². The molecule has 0 spiro atoms. The molecular weight excluding hydrogens is 219 g/mol. The molecule has 2 nitrogen and oxygen atoms in total. The zero-order valence-corrected chi connectivity index (χ0v) is 10.7. The van der Waals surface area contributed by atoms with Crippen LogP contribution in [0.5, 0.6) is 0 Å². The third-order valence-corrected chi connectivity index (χ3v) is 2.75. The van der Waals surface area contributed by atoms with Gasteiger partial charge in [-0.25, -0.2) is 4.39 Å². The number of aliphatic hydroxyl groups excluding tert-OH is 1. The maximum Gasteiger partial charge on any atom is 0.123 e. The van der Waals surface area contributed by atoms with Crippen LogP contribution in [0.2, 0.25) is 0 Å². The molecular formula is C14H21FO2. The highest BCUT2D eigenvalue weighted by Gasteiger charge is 2.23. The SMILES string of the molecule is CCOC(C(C)C)C(O)Cc1ccc(F)cc1. The van der Waals surface area contributed by atoms with E-state index in [2.05, 4.69) is 0 Å². The zero-order valence-electron chi connectivity index (χ0n) is 10.7. The Balaban J connectivity index is 2.62. The third kappa shape index (κ3) is 4.44. The summed E-state index contributed by atoms with van der Waals surface area (Å²) in [6, 6.07) is 6.21. The molecule has 0 bridgehead atoms. The van der Waals surface area contributed by atoms with E-state index in [0.717, 1.165) is 5.56 Å². The Morgan fingerprint density at radius 3 is 2.29 bits per heavy atom. The summed E-state index contributed by atoms with van der Waals surface area (Å²) in [4.78, 5) is 0. The van der Waals surface area contributed by atoms with Crippen LogP contribution in [0, 0.1) is 11.7 Å². The molecule has 0 aliphatic rings. The van der Waals surface area contributed by atoms with Gasteiger partial charge in [-0.15, -0.1) is 0 Å². The highest BCUT2D eigenvalue weighted by atomic mass is 19.1. The van der Waals surface area contributed by atoms with Crippen molar-refractivity contribution in [2.24, 2.45) is 5.92 Å². The summed E-state index contributed by atoms with van der Waals surface area (Å²) in [5.74, 6) is -0.00106. The minimum Gasteiger partial charge on any atom is -0.390 e. The molecule has 2 unspecified atom stereocenters. The second kappa shape index (κ2) is 6.72. The van der Waals surface area contributed by atoms with Crippen molar-refractivity contribution in [3.63, 3.8) is 0 Å². The number of ether oxygens (including phenoxy) is 1. The van der Waals surface area contributed by atoms with Crippen molar-refractivity contribution in [3.8, 4) is 0 Å². The van der Waals surface area contributed by atoms with Crippen molar-refractivity contribution < 1.29 is 14.2 Å². The predicted molar refractivity (Wildman–Crippen MR) is 66.4 cm³/mol. The predicted octanol–water partition coefficient (Wildman–Crippen LogP) is 2.79. The summed E-state index contributed by atoms with van der Waals surface area (Å²) in [6.45, 7) is 6.55. The van der Waals surface area contributed by atoms with E-state index in [-0.39, 0.29) is 17.8 Å². The first-order valence-electron chi connectivity index (χ1n) is 6.08. The first-order chi connectivity index (χ1) is 8.04. The van der Waals surface area contributed by atoms with E-state index in [0.29, 0.717) is 13.0 Å². The van der Waals surface area contributed by atoms with Gasteiger partial charge in [0.2, 0.25) is 0 Å². The lowest BCUT2D eigenvalue weighted by molar-refractivity contribution is -0.0562. The number of halogens is 1. The molecule has 3 heteroatoms. The maximum absolute atomic E-state index is 12.7. The van der Waals surface area contributed by atoms with E-state index in [1.54, 1.807) is 12.1 Å². The molecule has 1 N–H and O–H groups in total. The Bertz CT molecular complexity index is 321. The van der Waals surface area contributed by atoms with E-state index in [4.69, 9.17) is 4.74 Å². The second-order valence-corrected chi connectivity index (χ2v) is 4.56. The van der Waals surface area contributed by atoms with Crippen molar-refractivity contribution in [2.45, 2.75) is 39.4 Å². The van der Waals surface area contributed by atoms with Crippen molar-refractivity contribution in [1.82, 2.24) is 0 Å². The smallest absolute Gasteiger partial charge is 0.123 e. The molecule has 0 saturated heterocycles. The number of rotatable bonds is 6. The van der Waals surface area contributed by atoms with Gasteiger partial charge in [0.05, 0.1) is 12.2 Å². The fraction of sp³-hybridized carbons (Fsp3) is 0.571. The molecule has 1 aromatic rings. The molecule has 0 radical (unpaired) electrons. The maximum atomic E-state index is 12.7. The zero-order chi connectivity index (χ0) is 12.8. The average Bonchev–Trinajstić information content (AvgIpc) is 2.28. The van der Waals surface area contributed by atoms with Crippen LogP contribution >= 0.6 is 0 Å². The minimum atomic E-state index is -0.555. The van der Waals surface area contributed by atoms with Gasteiger partial charge in [0, 0.05) is 13.0 Å². The van der Waals surface area contributed by atoms with Crippen molar-refractivity contribution in [2.75, 3.05) is 6.61 Å². The molecule has 17 heavy (non-hydrogen) atoms. The van der Waals surface area contributed by atoms with Crippen LogP contribution in [0.1, 0.15) is 26.3 Å². The molecule has 1 rings (SSSR count). The lowest BCUT2D eigenvalue weighted by Gasteiger charge is -2.26. The lowest BCUT2D eigenvalue weighted by atomic mass is 9.96. The molecule has 0 fully saturated rings. The monoisotopic (exact) mass is 240 g/mol. The molecule has 0 saturated carbocycles. The van der Waals surface area contributed by atoms with Gasteiger partial charge in [-0.05, 0) is 30.5 Å². The highest BCUT2D eigenvalue weighted by Crippen LogP contribution is 2.16. The van der Waals surface area contributed by atoms with Crippen LogP contribution in [0.3, 0.4) is 0 Å². The van der Waals surface area contributed by atoms with Crippen molar-refractivity contribution in [1.29, 1.82) is 0 Å². The molecule has 0 aromatic heterocycles. The topological polar surface area (TPSA) is 29.5 Å². The van der Waals surface area contributed by atoms with E-state index in [1.807, 2.05) is 20.8 Å². The standard InChI is InChI=1S/C14H21FO2/c1-4-17-14(10(2)3)13(16)9-11-5-7-12(15)8-6-11/h5-8,10,13-14,16H,4,9H2,1-3H3. The summed E-state index contributed by atoms with van der Waals surface area (Å²) in [6.07, 6.45) is -0.242. The van der Waals surface area contributed by atoms with E-state index >= 15 is 0 Å². The van der Waals surface area contributed by atoms with Crippen molar-refractivity contribution >= 4 is 0 Å². The van der Waals surface area contributed by atoms with Crippen LogP contribution in [-0.2, 0) is 11.2 Å².